The summed E-state index contributed by atoms with van der Waals surface area (Å²) in [4.78, 5) is 13.4. The number of hydrogen-bond donors (Lipinski definition) is 0. The van der Waals surface area contributed by atoms with Crippen molar-refractivity contribution in [3.8, 4) is 16.9 Å². The van der Waals surface area contributed by atoms with Crippen molar-refractivity contribution in [2.45, 2.75) is 11.0 Å². The predicted octanol–water partition coefficient (Wildman–Crippen LogP) is 4.11. The summed E-state index contributed by atoms with van der Waals surface area (Å²) >= 11 is 0. The summed E-state index contributed by atoms with van der Waals surface area (Å²) in [5.41, 5.74) is 2.47. The van der Waals surface area contributed by atoms with E-state index >= 15 is 0 Å². The maximum absolute atomic E-state index is 13.2. The van der Waals surface area contributed by atoms with E-state index in [1.165, 1.54) is 0 Å². The van der Waals surface area contributed by atoms with Crippen molar-refractivity contribution in [2.75, 3.05) is 5.75 Å². The van der Waals surface area contributed by atoms with Crippen molar-refractivity contribution in [3.05, 3.63) is 94.8 Å². The van der Waals surface area contributed by atoms with Gasteiger partial charge < -0.3 is 9.30 Å². The van der Waals surface area contributed by atoms with Crippen molar-refractivity contribution in [1.82, 2.24) is 4.57 Å². The van der Waals surface area contributed by atoms with Gasteiger partial charge in [0, 0.05) is 18.0 Å². The Balaban J connectivity index is 1.72. The van der Waals surface area contributed by atoms with Crippen LogP contribution in [0.3, 0.4) is 0 Å². The number of fused-ring (bicyclic) bond motifs is 5. The first kappa shape index (κ1) is 18.6. The van der Waals surface area contributed by atoms with Crippen LogP contribution in [0.4, 0.5) is 0 Å². The van der Waals surface area contributed by atoms with Gasteiger partial charge in [0.1, 0.15) is 11.9 Å². The van der Waals surface area contributed by atoms with Gasteiger partial charge in [0.15, 0.2) is 9.84 Å². The van der Waals surface area contributed by atoms with E-state index in [9.17, 15) is 13.2 Å². The number of hydrogen-bond acceptors (Lipinski definition) is 4. The van der Waals surface area contributed by atoms with Crippen molar-refractivity contribution in [2.24, 2.45) is 7.05 Å². The second-order valence-electron chi connectivity index (χ2n) is 7.37. The van der Waals surface area contributed by atoms with E-state index < -0.39 is 15.9 Å². The molecule has 1 atom stereocenters. The molecule has 30 heavy (non-hydrogen) atoms. The number of aromatic nitrogens is 1. The zero-order valence-corrected chi connectivity index (χ0v) is 17.1. The Morgan fingerprint density at radius 1 is 0.900 bits per heavy atom. The van der Waals surface area contributed by atoms with Gasteiger partial charge in [0.05, 0.1) is 21.7 Å². The van der Waals surface area contributed by atoms with Gasteiger partial charge in [-0.05, 0) is 29.8 Å². The molecule has 0 spiro atoms. The van der Waals surface area contributed by atoms with Gasteiger partial charge in [-0.3, -0.25) is 4.79 Å². The molecular weight excluding hydrogens is 398 g/mol. The van der Waals surface area contributed by atoms with E-state index in [0.717, 1.165) is 16.5 Å². The molecule has 0 bridgehead atoms. The summed E-state index contributed by atoms with van der Waals surface area (Å²) in [7, 11) is -1.85. The monoisotopic (exact) mass is 417 g/mol. The topological polar surface area (TPSA) is 65.4 Å². The normalized spacial score (nSPS) is 15.3. The van der Waals surface area contributed by atoms with Crippen molar-refractivity contribution < 1.29 is 13.2 Å². The first-order valence-corrected chi connectivity index (χ1v) is 11.3. The Labute approximate surface area is 174 Å². The molecule has 0 amide bonds. The minimum atomic E-state index is -3.59. The van der Waals surface area contributed by atoms with Crippen LogP contribution in [0, 0.1) is 0 Å². The lowest BCUT2D eigenvalue weighted by Crippen LogP contribution is -2.28. The summed E-state index contributed by atoms with van der Waals surface area (Å²) < 4.78 is 34.0. The average molecular weight is 417 g/mol. The summed E-state index contributed by atoms with van der Waals surface area (Å²) in [5.74, 6) is 0.234. The number of pyridine rings is 1. The van der Waals surface area contributed by atoms with E-state index in [1.54, 1.807) is 41.9 Å². The highest BCUT2D eigenvalue weighted by atomic mass is 32.2. The van der Waals surface area contributed by atoms with E-state index in [-0.39, 0.29) is 16.2 Å². The highest BCUT2D eigenvalue weighted by Gasteiger charge is 2.33. The van der Waals surface area contributed by atoms with Crippen LogP contribution in [0.15, 0.2) is 88.6 Å². The van der Waals surface area contributed by atoms with Crippen LogP contribution in [0.25, 0.3) is 22.0 Å². The molecule has 4 aromatic rings. The lowest BCUT2D eigenvalue weighted by molar-refractivity contribution is 0.228. The third-order valence-electron chi connectivity index (χ3n) is 5.57. The summed E-state index contributed by atoms with van der Waals surface area (Å²) in [5, 5.41) is 0.784. The van der Waals surface area contributed by atoms with E-state index in [2.05, 4.69) is 0 Å². The fraction of sp³-hybridized carbons (Fsp3) is 0.125. The standard InChI is InChI=1S/C24H19NO4S/c1-25-20-14-8-7-13-19(20)23-22(24(25)26)18-12-6-5-11-17(18)21(29-23)15-30(27,28)16-9-3-2-4-10-16/h2-14,21H,15H2,1H3/t21-/m1/s1. The Hall–Kier alpha value is -3.38. The van der Waals surface area contributed by atoms with E-state index in [4.69, 9.17) is 4.74 Å². The molecule has 0 saturated heterocycles. The first-order chi connectivity index (χ1) is 14.5. The lowest BCUT2D eigenvalue weighted by atomic mass is 9.93. The van der Waals surface area contributed by atoms with Crippen molar-refractivity contribution in [3.63, 3.8) is 0 Å². The average Bonchev–Trinajstić information content (AvgIpc) is 2.78. The van der Waals surface area contributed by atoms with Crippen LogP contribution in [0.5, 0.6) is 5.75 Å². The summed E-state index contributed by atoms with van der Waals surface area (Å²) in [6.45, 7) is 0. The second kappa shape index (κ2) is 6.85. The Kier molecular flexibility index (Phi) is 4.25. The molecule has 0 aliphatic carbocycles. The Morgan fingerprint density at radius 3 is 2.37 bits per heavy atom. The first-order valence-electron chi connectivity index (χ1n) is 9.63. The third kappa shape index (κ3) is 2.83. The van der Waals surface area contributed by atoms with Crippen LogP contribution < -0.4 is 10.3 Å². The van der Waals surface area contributed by atoms with Crippen molar-refractivity contribution >= 4 is 20.7 Å². The molecule has 1 aliphatic rings. The van der Waals surface area contributed by atoms with Gasteiger partial charge in [-0.2, -0.15) is 0 Å². The number of para-hydroxylation sites is 1. The smallest absolute Gasteiger partial charge is 0.262 e. The largest absolute Gasteiger partial charge is 0.483 e. The molecule has 0 saturated carbocycles. The van der Waals surface area contributed by atoms with Crippen LogP contribution in [-0.4, -0.2) is 18.7 Å². The molecule has 0 radical (unpaired) electrons. The van der Waals surface area contributed by atoms with Gasteiger partial charge in [-0.25, -0.2) is 8.42 Å². The molecule has 1 aliphatic heterocycles. The molecular formula is C24H19NO4S. The number of sulfone groups is 1. The van der Waals surface area contributed by atoms with Crippen molar-refractivity contribution in [1.29, 1.82) is 0 Å². The molecule has 1 aromatic heterocycles. The van der Waals surface area contributed by atoms with E-state index in [1.807, 2.05) is 48.5 Å². The van der Waals surface area contributed by atoms with E-state index in [0.29, 0.717) is 16.9 Å². The van der Waals surface area contributed by atoms with Crippen LogP contribution >= 0.6 is 0 Å². The molecule has 0 fully saturated rings. The molecule has 5 rings (SSSR count). The van der Waals surface area contributed by atoms with Crippen LogP contribution in [0.2, 0.25) is 0 Å². The summed E-state index contributed by atoms with van der Waals surface area (Å²) in [6.07, 6.45) is -0.714. The molecule has 2 heterocycles. The molecule has 6 heteroatoms. The highest BCUT2D eigenvalue weighted by molar-refractivity contribution is 7.91. The molecule has 0 unspecified atom stereocenters. The zero-order valence-electron chi connectivity index (χ0n) is 16.3. The maximum Gasteiger partial charge on any atom is 0.262 e. The third-order valence-corrected chi connectivity index (χ3v) is 7.30. The number of ether oxygens (including phenoxy) is 1. The minimum Gasteiger partial charge on any atom is -0.483 e. The quantitative estimate of drug-likeness (QED) is 0.503. The number of aryl methyl sites for hydroxylation is 1. The van der Waals surface area contributed by atoms with Gasteiger partial charge >= 0.3 is 0 Å². The predicted molar refractivity (Wildman–Crippen MR) is 116 cm³/mol. The van der Waals surface area contributed by atoms with Gasteiger partial charge in [0.2, 0.25) is 0 Å². The Morgan fingerprint density at radius 2 is 1.57 bits per heavy atom. The van der Waals surface area contributed by atoms with Gasteiger partial charge in [-0.1, -0.05) is 54.6 Å². The minimum absolute atomic E-state index is 0.166. The molecule has 3 aromatic carbocycles. The molecule has 5 nitrogen and oxygen atoms in total. The Bertz CT molecular complexity index is 1440. The SMILES string of the molecule is Cn1c(=O)c2c(c3ccccc31)O[C@H](CS(=O)(=O)c1ccccc1)c1ccccc1-2. The fourth-order valence-corrected chi connectivity index (χ4v) is 5.50. The van der Waals surface area contributed by atoms with Gasteiger partial charge in [-0.15, -0.1) is 0 Å². The highest BCUT2D eigenvalue weighted by Crippen LogP contribution is 2.44. The van der Waals surface area contributed by atoms with Crippen LogP contribution in [-0.2, 0) is 16.9 Å². The lowest BCUT2D eigenvalue weighted by Gasteiger charge is -2.29. The number of nitrogens with zero attached hydrogens (tertiary/aromatic N) is 1. The maximum atomic E-state index is 13.2. The molecule has 150 valence electrons. The second-order valence-corrected chi connectivity index (χ2v) is 9.41. The number of rotatable bonds is 3. The molecule has 0 N–H and O–H groups in total. The zero-order chi connectivity index (χ0) is 20.9. The number of benzene rings is 3. The van der Waals surface area contributed by atoms with Crippen LogP contribution in [0.1, 0.15) is 11.7 Å². The van der Waals surface area contributed by atoms with Gasteiger partial charge in [0.25, 0.3) is 5.56 Å². The summed E-state index contributed by atoms with van der Waals surface area (Å²) in [6, 6.07) is 23.2. The fourth-order valence-electron chi connectivity index (χ4n) is 4.09.